The minimum atomic E-state index is -1.31. The first-order valence-electron chi connectivity index (χ1n) is 16.9. The molecule has 0 fully saturated rings. The number of aromatic amines is 1. The van der Waals surface area contributed by atoms with Gasteiger partial charge in [0.1, 0.15) is 12.1 Å². The number of carbonyl (C=O) groups is 5. The van der Waals surface area contributed by atoms with Gasteiger partial charge in [-0.2, -0.15) is 4.98 Å². The molecule has 53 heavy (non-hydrogen) atoms. The predicted octanol–water partition coefficient (Wildman–Crippen LogP) is -0.853. The Hall–Kier alpha value is -6.13. The smallest absolute Gasteiger partial charge is 0.326 e. The zero-order valence-corrected chi connectivity index (χ0v) is 29.1. The SMILES string of the molecule is C#CCCC(=O)N[C@H](CCCCN)C(=O)NCCOCCNC(=O)CC[C@H](NC(=O)c1ccc(NCc2cnc3nc(N)[nH]c(=O)c3n2)cc1)C(=O)O. The van der Waals surface area contributed by atoms with Gasteiger partial charge in [0.05, 0.1) is 31.6 Å². The van der Waals surface area contributed by atoms with E-state index in [1.165, 1.54) is 18.3 Å². The quantitative estimate of drug-likeness (QED) is 0.0423. The molecule has 3 rings (SSSR count). The fourth-order valence-electron chi connectivity index (χ4n) is 4.80. The zero-order chi connectivity index (χ0) is 38.6. The number of carbonyl (C=O) groups excluding carboxylic acids is 4. The summed E-state index contributed by atoms with van der Waals surface area (Å²) in [6, 6.07) is 4.20. The van der Waals surface area contributed by atoms with Crippen LogP contribution in [0, 0.1) is 12.3 Å². The third-order valence-electron chi connectivity index (χ3n) is 7.58. The van der Waals surface area contributed by atoms with Crippen LogP contribution in [0.15, 0.2) is 35.3 Å². The number of nitrogens with two attached hydrogens (primary N) is 2. The number of H-pyrrole nitrogens is 1. The van der Waals surface area contributed by atoms with Gasteiger partial charge in [-0.25, -0.2) is 14.8 Å². The van der Waals surface area contributed by atoms with E-state index in [0.29, 0.717) is 37.2 Å². The van der Waals surface area contributed by atoms with E-state index in [9.17, 15) is 33.9 Å². The first-order valence-corrected chi connectivity index (χ1v) is 16.9. The molecule has 0 radical (unpaired) electrons. The number of aromatic nitrogens is 4. The molecule has 0 saturated carbocycles. The average molecular weight is 736 g/mol. The lowest BCUT2D eigenvalue weighted by Crippen LogP contribution is -2.47. The molecular weight excluding hydrogens is 690 g/mol. The van der Waals surface area contributed by atoms with E-state index in [0.717, 1.165) is 0 Å². The number of nitrogens with one attached hydrogen (secondary N) is 6. The lowest BCUT2D eigenvalue weighted by molar-refractivity contribution is -0.139. The lowest BCUT2D eigenvalue weighted by Gasteiger charge is -2.18. The second kappa shape index (κ2) is 21.9. The molecule has 0 aliphatic rings. The molecule has 2 aromatic heterocycles. The minimum absolute atomic E-state index is 0.0433. The number of terminal acetylenes is 1. The van der Waals surface area contributed by atoms with Crippen LogP contribution in [0.2, 0.25) is 0 Å². The van der Waals surface area contributed by atoms with Crippen molar-refractivity contribution < 1.29 is 33.8 Å². The highest BCUT2D eigenvalue weighted by molar-refractivity contribution is 5.97. The molecule has 0 aliphatic heterocycles. The van der Waals surface area contributed by atoms with Crippen LogP contribution in [-0.2, 0) is 30.5 Å². The topological polar surface area (TPSA) is 299 Å². The van der Waals surface area contributed by atoms with Crippen molar-refractivity contribution >= 4 is 52.4 Å². The Morgan fingerprint density at radius 3 is 2.38 bits per heavy atom. The summed E-state index contributed by atoms with van der Waals surface area (Å²) in [5.41, 5.74) is 12.0. The number of hydrogen-bond acceptors (Lipinski definition) is 13. The molecule has 0 saturated heterocycles. The predicted molar refractivity (Wildman–Crippen MR) is 194 cm³/mol. The van der Waals surface area contributed by atoms with Gasteiger partial charge in [-0.1, -0.05) is 0 Å². The van der Waals surface area contributed by atoms with E-state index >= 15 is 0 Å². The number of amides is 4. The zero-order valence-electron chi connectivity index (χ0n) is 29.1. The molecule has 4 amide bonds. The van der Waals surface area contributed by atoms with Gasteiger partial charge < -0.3 is 47.9 Å². The average Bonchev–Trinajstić information content (AvgIpc) is 3.14. The summed E-state index contributed by atoms with van der Waals surface area (Å²) < 4.78 is 5.45. The van der Waals surface area contributed by atoms with Gasteiger partial charge in [-0.15, -0.1) is 12.3 Å². The van der Waals surface area contributed by atoms with Crippen LogP contribution in [0.1, 0.15) is 61.0 Å². The van der Waals surface area contributed by atoms with E-state index in [1.807, 2.05) is 0 Å². The largest absolute Gasteiger partial charge is 0.480 e. The number of benzene rings is 1. The standard InChI is InChI=1S/C34H45N11O8/c1-2-3-7-27(47)42-24(6-4-5-14-35)31(49)38-16-18-53-17-15-37-26(46)13-12-25(33(51)52)43-30(48)21-8-10-22(11-9-21)39-19-23-20-40-29-28(41-23)32(50)45-34(36)44-29/h1,8-11,20,24-25,39H,3-7,12-19,35H2,(H,37,46)(H,38,49)(H,42,47)(H,43,48)(H,51,52)(H3,36,40,44,45,50)/t24-,25+/m1/s1. The molecule has 284 valence electrons. The summed E-state index contributed by atoms with van der Waals surface area (Å²) in [5, 5.41) is 23.2. The Labute approximate surface area is 304 Å². The Balaban J connectivity index is 1.34. The molecule has 2 atom stereocenters. The van der Waals surface area contributed by atoms with Crippen LogP contribution in [0.25, 0.3) is 11.2 Å². The number of unbranched alkanes of at least 4 members (excludes halogenated alkanes) is 1. The fraction of sp³-hybridized carbons (Fsp3) is 0.441. The number of aliphatic carboxylic acids is 1. The molecule has 3 aromatic rings. The van der Waals surface area contributed by atoms with Gasteiger partial charge in [0.2, 0.25) is 23.7 Å². The highest BCUT2D eigenvalue weighted by Crippen LogP contribution is 2.12. The van der Waals surface area contributed by atoms with Crippen molar-refractivity contribution in [1.29, 1.82) is 0 Å². The maximum absolute atomic E-state index is 12.8. The van der Waals surface area contributed by atoms with Crippen molar-refractivity contribution in [1.82, 2.24) is 41.2 Å². The van der Waals surface area contributed by atoms with Gasteiger partial charge in [0.15, 0.2) is 11.2 Å². The molecule has 0 spiro atoms. The van der Waals surface area contributed by atoms with Crippen molar-refractivity contribution in [2.24, 2.45) is 5.73 Å². The highest BCUT2D eigenvalue weighted by Gasteiger charge is 2.22. The first kappa shape index (κ1) is 41.3. The maximum Gasteiger partial charge on any atom is 0.326 e. The number of hydrogen-bond donors (Lipinski definition) is 9. The molecule has 11 N–H and O–H groups in total. The molecular formula is C34H45N11O8. The molecule has 0 unspecified atom stereocenters. The number of nitrogen functional groups attached to an aromatic ring is 1. The number of anilines is 2. The number of rotatable bonds is 23. The Morgan fingerprint density at radius 1 is 0.943 bits per heavy atom. The van der Waals surface area contributed by atoms with Gasteiger partial charge in [0.25, 0.3) is 11.5 Å². The van der Waals surface area contributed by atoms with E-state index in [2.05, 4.69) is 52.4 Å². The van der Waals surface area contributed by atoms with Gasteiger partial charge in [-0.05, 0) is 56.5 Å². The van der Waals surface area contributed by atoms with Crippen molar-refractivity contribution in [3.05, 3.63) is 52.1 Å². The van der Waals surface area contributed by atoms with E-state index in [-0.39, 0.29) is 93.0 Å². The monoisotopic (exact) mass is 735 g/mol. The summed E-state index contributed by atoms with van der Waals surface area (Å²) in [6.07, 6.45) is 8.54. The van der Waals surface area contributed by atoms with E-state index in [4.69, 9.17) is 22.6 Å². The number of carboxylic acids is 1. The molecule has 0 bridgehead atoms. The molecule has 1 aromatic carbocycles. The lowest BCUT2D eigenvalue weighted by atomic mass is 10.1. The van der Waals surface area contributed by atoms with Crippen molar-refractivity contribution in [2.75, 3.05) is 43.9 Å². The third-order valence-corrected chi connectivity index (χ3v) is 7.58. The minimum Gasteiger partial charge on any atom is -0.480 e. The van der Waals surface area contributed by atoms with Crippen molar-refractivity contribution in [2.45, 2.75) is 63.6 Å². The first-order chi connectivity index (χ1) is 25.5. The third kappa shape index (κ3) is 14.6. The number of fused-ring (bicyclic) bond motifs is 1. The number of ether oxygens (including phenoxy) is 1. The van der Waals surface area contributed by atoms with Crippen LogP contribution in [0.5, 0.6) is 0 Å². The Morgan fingerprint density at radius 2 is 1.68 bits per heavy atom. The second-order valence-electron chi connectivity index (χ2n) is 11.7. The summed E-state index contributed by atoms with van der Waals surface area (Å²) in [5.74, 6) is -0.695. The van der Waals surface area contributed by atoms with Gasteiger partial charge in [-0.3, -0.25) is 29.0 Å². The number of nitrogens with zero attached hydrogens (tertiary/aromatic N) is 3. The molecule has 2 heterocycles. The summed E-state index contributed by atoms with van der Waals surface area (Å²) in [6.45, 7) is 1.29. The van der Waals surface area contributed by atoms with E-state index in [1.54, 1.807) is 12.1 Å². The molecule has 19 heteroatoms. The summed E-state index contributed by atoms with van der Waals surface area (Å²) in [4.78, 5) is 88.2. The van der Waals surface area contributed by atoms with Crippen molar-refractivity contribution in [3.8, 4) is 12.3 Å². The molecule has 19 nitrogen and oxygen atoms in total. The van der Waals surface area contributed by atoms with Crippen molar-refractivity contribution in [3.63, 3.8) is 0 Å². The summed E-state index contributed by atoms with van der Waals surface area (Å²) >= 11 is 0. The van der Waals surface area contributed by atoms with Crippen LogP contribution < -0.4 is 43.6 Å². The maximum atomic E-state index is 12.8. The van der Waals surface area contributed by atoms with Crippen LogP contribution >= 0.6 is 0 Å². The number of carboxylic acid groups (broad SMARTS) is 1. The van der Waals surface area contributed by atoms with Gasteiger partial charge in [0, 0.05) is 43.6 Å². The van der Waals surface area contributed by atoms with Crippen LogP contribution in [0.4, 0.5) is 11.6 Å². The van der Waals surface area contributed by atoms with Crippen LogP contribution in [-0.4, -0.2) is 99.6 Å². The fourth-order valence-corrected chi connectivity index (χ4v) is 4.80. The summed E-state index contributed by atoms with van der Waals surface area (Å²) in [7, 11) is 0. The second-order valence-corrected chi connectivity index (χ2v) is 11.7. The van der Waals surface area contributed by atoms with E-state index < -0.39 is 35.4 Å². The van der Waals surface area contributed by atoms with Gasteiger partial charge >= 0.3 is 5.97 Å². The molecule has 0 aliphatic carbocycles. The normalized spacial score (nSPS) is 11.8. The Bertz CT molecular complexity index is 1810. The highest BCUT2D eigenvalue weighted by atomic mass is 16.5. The van der Waals surface area contributed by atoms with Crippen LogP contribution in [0.3, 0.4) is 0 Å². The Kier molecular flexibility index (Phi) is 17.1.